The van der Waals surface area contributed by atoms with Crippen molar-refractivity contribution in [1.29, 1.82) is 0 Å². The summed E-state index contributed by atoms with van der Waals surface area (Å²) in [6, 6.07) is 5.91. The maximum atomic E-state index is 12.5. The third-order valence-corrected chi connectivity index (χ3v) is 4.34. The van der Waals surface area contributed by atoms with Crippen LogP contribution in [-0.2, 0) is 4.79 Å². The fourth-order valence-electron chi connectivity index (χ4n) is 2.65. The van der Waals surface area contributed by atoms with E-state index < -0.39 is 0 Å². The number of anilines is 1. The van der Waals surface area contributed by atoms with E-state index >= 15 is 0 Å². The molecular formula is C16H23BrN2O. The van der Waals surface area contributed by atoms with Crippen LogP contribution in [0.2, 0.25) is 0 Å². The Kier molecular flexibility index (Phi) is 5.46. The third kappa shape index (κ3) is 3.98. The van der Waals surface area contributed by atoms with E-state index in [0.29, 0.717) is 0 Å². The van der Waals surface area contributed by atoms with Crippen molar-refractivity contribution in [2.45, 2.75) is 45.6 Å². The van der Waals surface area contributed by atoms with E-state index in [1.807, 2.05) is 24.0 Å². The van der Waals surface area contributed by atoms with Gasteiger partial charge in [-0.15, -0.1) is 0 Å². The van der Waals surface area contributed by atoms with Crippen molar-refractivity contribution < 1.29 is 4.79 Å². The van der Waals surface area contributed by atoms with E-state index in [2.05, 4.69) is 34.2 Å². The SMILES string of the molecule is Cc1cc(Br)ccc1NC(C)C(=O)N1CCCCCC1. The molecule has 1 unspecified atom stereocenters. The fraction of sp³-hybridized carbons (Fsp3) is 0.562. The lowest BCUT2D eigenvalue weighted by Gasteiger charge is -2.25. The number of nitrogens with one attached hydrogen (secondary N) is 1. The Morgan fingerprint density at radius 2 is 1.90 bits per heavy atom. The summed E-state index contributed by atoms with van der Waals surface area (Å²) in [5.74, 6) is 0.217. The average molecular weight is 339 g/mol. The number of hydrogen-bond acceptors (Lipinski definition) is 2. The largest absolute Gasteiger partial charge is 0.374 e. The summed E-state index contributed by atoms with van der Waals surface area (Å²) in [6.45, 7) is 5.82. The van der Waals surface area contributed by atoms with Crippen molar-refractivity contribution in [2.75, 3.05) is 18.4 Å². The van der Waals surface area contributed by atoms with Crippen molar-refractivity contribution in [1.82, 2.24) is 4.90 Å². The molecule has 0 bridgehead atoms. The molecule has 0 radical (unpaired) electrons. The average Bonchev–Trinajstić information content (AvgIpc) is 2.70. The van der Waals surface area contributed by atoms with Crippen molar-refractivity contribution in [3.63, 3.8) is 0 Å². The number of halogens is 1. The summed E-state index contributed by atoms with van der Waals surface area (Å²) in [6.07, 6.45) is 4.76. The quantitative estimate of drug-likeness (QED) is 0.904. The maximum Gasteiger partial charge on any atom is 0.244 e. The highest BCUT2D eigenvalue weighted by molar-refractivity contribution is 9.10. The van der Waals surface area contributed by atoms with Crippen LogP contribution in [0.3, 0.4) is 0 Å². The number of rotatable bonds is 3. The van der Waals surface area contributed by atoms with Crippen LogP contribution in [0.5, 0.6) is 0 Å². The predicted molar refractivity (Wildman–Crippen MR) is 87.0 cm³/mol. The lowest BCUT2D eigenvalue weighted by atomic mass is 10.1. The monoisotopic (exact) mass is 338 g/mol. The van der Waals surface area contributed by atoms with Gasteiger partial charge in [0.1, 0.15) is 6.04 Å². The Balaban J connectivity index is 1.99. The highest BCUT2D eigenvalue weighted by Gasteiger charge is 2.21. The summed E-state index contributed by atoms with van der Waals surface area (Å²) in [4.78, 5) is 14.5. The van der Waals surface area contributed by atoms with Crippen molar-refractivity contribution >= 4 is 27.5 Å². The van der Waals surface area contributed by atoms with Crippen LogP contribution in [0.25, 0.3) is 0 Å². The van der Waals surface area contributed by atoms with E-state index in [9.17, 15) is 4.79 Å². The van der Waals surface area contributed by atoms with Gasteiger partial charge >= 0.3 is 0 Å². The number of benzene rings is 1. The highest BCUT2D eigenvalue weighted by atomic mass is 79.9. The molecule has 1 aliphatic heterocycles. The van der Waals surface area contributed by atoms with Crippen LogP contribution in [0.4, 0.5) is 5.69 Å². The molecule has 4 heteroatoms. The van der Waals surface area contributed by atoms with Gasteiger partial charge in [0.2, 0.25) is 5.91 Å². The Morgan fingerprint density at radius 1 is 1.25 bits per heavy atom. The number of carbonyl (C=O) groups is 1. The standard InChI is InChI=1S/C16H23BrN2O/c1-12-11-14(17)7-8-15(12)18-13(2)16(20)19-9-5-3-4-6-10-19/h7-8,11,13,18H,3-6,9-10H2,1-2H3. The summed E-state index contributed by atoms with van der Waals surface area (Å²) in [5.41, 5.74) is 2.18. The molecule has 1 N–H and O–H groups in total. The van der Waals surface area contributed by atoms with E-state index in [0.717, 1.165) is 41.7 Å². The molecule has 110 valence electrons. The normalized spacial score (nSPS) is 17.4. The minimum absolute atomic E-state index is 0.173. The molecule has 1 aliphatic rings. The molecule has 1 aromatic carbocycles. The lowest BCUT2D eigenvalue weighted by molar-refractivity contribution is -0.131. The highest BCUT2D eigenvalue weighted by Crippen LogP contribution is 2.21. The zero-order chi connectivity index (χ0) is 14.5. The van der Waals surface area contributed by atoms with Gasteiger partial charge in [0.05, 0.1) is 0 Å². The van der Waals surface area contributed by atoms with E-state index in [4.69, 9.17) is 0 Å². The molecule has 1 aromatic rings. The fourth-order valence-corrected chi connectivity index (χ4v) is 3.12. The molecule has 20 heavy (non-hydrogen) atoms. The molecule has 0 saturated carbocycles. The number of nitrogens with zero attached hydrogens (tertiary/aromatic N) is 1. The Morgan fingerprint density at radius 3 is 2.50 bits per heavy atom. The van der Waals surface area contributed by atoms with Gasteiger partial charge in [-0.05, 0) is 50.5 Å². The second kappa shape index (κ2) is 7.11. The van der Waals surface area contributed by atoms with E-state index in [1.54, 1.807) is 0 Å². The van der Waals surface area contributed by atoms with Crippen LogP contribution in [0.1, 0.15) is 38.2 Å². The molecule has 3 nitrogen and oxygen atoms in total. The molecule has 0 aromatic heterocycles. The zero-order valence-electron chi connectivity index (χ0n) is 12.3. The van der Waals surface area contributed by atoms with E-state index in [-0.39, 0.29) is 11.9 Å². The molecule has 1 fully saturated rings. The van der Waals surface area contributed by atoms with Gasteiger partial charge in [-0.1, -0.05) is 28.8 Å². The van der Waals surface area contributed by atoms with Gasteiger partial charge in [-0.3, -0.25) is 4.79 Å². The Labute approximate surface area is 129 Å². The third-order valence-electron chi connectivity index (χ3n) is 3.85. The number of hydrogen-bond donors (Lipinski definition) is 1. The molecule has 1 atom stereocenters. The summed E-state index contributed by atoms with van der Waals surface area (Å²) in [5, 5.41) is 3.34. The number of aryl methyl sites for hydroxylation is 1. The van der Waals surface area contributed by atoms with Gasteiger partial charge < -0.3 is 10.2 Å². The topological polar surface area (TPSA) is 32.3 Å². The smallest absolute Gasteiger partial charge is 0.244 e. The van der Waals surface area contributed by atoms with Gasteiger partial charge in [0.15, 0.2) is 0 Å². The van der Waals surface area contributed by atoms with Crippen LogP contribution >= 0.6 is 15.9 Å². The zero-order valence-corrected chi connectivity index (χ0v) is 13.9. The van der Waals surface area contributed by atoms with Crippen molar-refractivity contribution in [3.8, 4) is 0 Å². The Bertz CT molecular complexity index is 468. The molecule has 1 heterocycles. The molecule has 1 amide bonds. The lowest BCUT2D eigenvalue weighted by Crippen LogP contribution is -2.41. The van der Waals surface area contributed by atoms with Crippen molar-refractivity contribution in [3.05, 3.63) is 28.2 Å². The van der Waals surface area contributed by atoms with Crippen molar-refractivity contribution in [2.24, 2.45) is 0 Å². The Hall–Kier alpha value is -1.03. The number of amides is 1. The molecule has 0 spiro atoms. The second-order valence-electron chi connectivity index (χ2n) is 5.56. The second-order valence-corrected chi connectivity index (χ2v) is 6.48. The van der Waals surface area contributed by atoms with Gasteiger partial charge in [-0.2, -0.15) is 0 Å². The number of carbonyl (C=O) groups excluding carboxylic acids is 1. The van der Waals surface area contributed by atoms with Crippen LogP contribution in [0.15, 0.2) is 22.7 Å². The summed E-state index contributed by atoms with van der Waals surface area (Å²) >= 11 is 3.46. The minimum atomic E-state index is -0.173. The van der Waals surface area contributed by atoms with Gasteiger partial charge in [0.25, 0.3) is 0 Å². The van der Waals surface area contributed by atoms with Crippen LogP contribution in [0, 0.1) is 6.92 Å². The summed E-state index contributed by atoms with van der Waals surface area (Å²) in [7, 11) is 0. The van der Waals surface area contributed by atoms with Gasteiger partial charge in [-0.25, -0.2) is 0 Å². The first kappa shape index (κ1) is 15.4. The minimum Gasteiger partial charge on any atom is -0.374 e. The molecule has 2 rings (SSSR count). The van der Waals surface area contributed by atoms with Crippen LogP contribution in [-0.4, -0.2) is 29.9 Å². The van der Waals surface area contributed by atoms with Crippen LogP contribution < -0.4 is 5.32 Å². The molecule has 0 aliphatic carbocycles. The maximum absolute atomic E-state index is 12.5. The first-order valence-electron chi connectivity index (χ1n) is 7.39. The predicted octanol–water partition coefficient (Wildman–Crippen LogP) is 3.96. The molecular weight excluding hydrogens is 316 g/mol. The summed E-state index contributed by atoms with van der Waals surface area (Å²) < 4.78 is 1.06. The number of likely N-dealkylation sites (tertiary alicyclic amines) is 1. The first-order chi connectivity index (χ1) is 9.58. The van der Waals surface area contributed by atoms with Gasteiger partial charge in [0, 0.05) is 23.2 Å². The first-order valence-corrected chi connectivity index (χ1v) is 8.18. The van der Waals surface area contributed by atoms with E-state index in [1.165, 1.54) is 12.8 Å². The molecule has 1 saturated heterocycles.